The normalized spacial score (nSPS) is 18.3. The first-order chi connectivity index (χ1) is 26.5. The van der Waals surface area contributed by atoms with E-state index in [1.807, 2.05) is 0 Å². The molecule has 1 aromatic carbocycles. The second kappa shape index (κ2) is 16.2. The zero-order valence-corrected chi connectivity index (χ0v) is 32.1. The van der Waals surface area contributed by atoms with Crippen LogP contribution in [0.15, 0.2) is 44.5 Å². The van der Waals surface area contributed by atoms with Crippen molar-refractivity contribution < 1.29 is 67.9 Å². The van der Waals surface area contributed by atoms with Crippen molar-refractivity contribution in [3.63, 3.8) is 0 Å². The number of fused-ring (bicyclic) bond motifs is 1. The molecule has 20 nitrogen and oxygen atoms in total. The average Bonchev–Trinajstić information content (AvgIpc) is 3.64. The number of ether oxygens (including phenoxy) is 3. The van der Waals surface area contributed by atoms with Crippen molar-refractivity contribution >= 4 is 98.9 Å². The summed E-state index contributed by atoms with van der Waals surface area (Å²) in [6.07, 6.45) is -1.77. The fraction of sp³-hybridized carbons (Fsp3) is 0.312. The number of rotatable bonds is 15. The fourth-order valence-corrected chi connectivity index (χ4v) is 9.46. The Morgan fingerprint density at radius 2 is 1.77 bits per heavy atom. The molecule has 0 spiro atoms. The lowest BCUT2D eigenvalue weighted by Crippen LogP contribution is -2.70. The molecule has 0 unspecified atom stereocenters. The van der Waals surface area contributed by atoms with Crippen molar-refractivity contribution in [2.75, 3.05) is 17.2 Å². The van der Waals surface area contributed by atoms with E-state index in [-0.39, 0.29) is 58.2 Å². The van der Waals surface area contributed by atoms with E-state index in [1.165, 1.54) is 42.3 Å². The van der Waals surface area contributed by atoms with Crippen LogP contribution in [-0.2, 0) is 44.8 Å². The zero-order valence-electron chi connectivity index (χ0n) is 28.8. The zero-order chi connectivity index (χ0) is 40.5. The number of β-lactam (4-membered cyclic amide) rings is 1. The van der Waals surface area contributed by atoms with Crippen LogP contribution in [0.4, 0.5) is 9.93 Å². The lowest BCUT2D eigenvalue weighted by atomic mass is 10.1. The highest BCUT2D eigenvalue weighted by molar-refractivity contribution is 8.01. The standard InChI is InChI=1S/C32H28N6O14S4/c1-12(39)49-17-4-3-14(7-18(17)50-13(2)40)21-19(8-20(41)42)56-30(36-21)55-10-15-9-53-27-23(25(44)38(27)26(15)51-31(47)48)35-24(43)22(16-11-54-29(33)34-16)37-52-32(5-6-32)28(45)46/h3-4,7,11,23,27H,5-6,8-10H2,1-2H3,(H2,33,34)(H,35,43)(H,41,42)(H,45,46)(H,47,48)/t23-,27+/m1/s1. The first-order valence-corrected chi connectivity index (χ1v) is 19.7. The highest BCUT2D eigenvalue weighted by atomic mass is 32.2. The average molecular weight is 849 g/mol. The molecule has 1 saturated heterocycles. The van der Waals surface area contributed by atoms with Gasteiger partial charge in [0, 0.05) is 59.6 Å². The maximum Gasteiger partial charge on any atom is 0.512 e. The van der Waals surface area contributed by atoms with Crippen LogP contribution in [0.3, 0.4) is 0 Å². The minimum absolute atomic E-state index is 0.0130. The smallest absolute Gasteiger partial charge is 0.481 e. The van der Waals surface area contributed by atoms with Crippen LogP contribution in [-0.4, -0.2) is 106 Å². The Bertz CT molecular complexity index is 2230. The minimum Gasteiger partial charge on any atom is -0.481 e. The van der Waals surface area contributed by atoms with Crippen molar-refractivity contribution in [3.05, 3.63) is 45.6 Å². The molecule has 2 aromatic heterocycles. The molecule has 4 heterocycles. The minimum atomic E-state index is -1.70. The monoisotopic (exact) mass is 848 g/mol. The molecular formula is C32H28N6O14S4. The van der Waals surface area contributed by atoms with Crippen LogP contribution in [0.5, 0.6) is 11.5 Å². The predicted octanol–water partition coefficient (Wildman–Crippen LogP) is 2.76. The number of hydrogen-bond donors (Lipinski definition) is 5. The number of carboxylic acid groups (broad SMARTS) is 3. The Morgan fingerprint density at radius 3 is 2.38 bits per heavy atom. The van der Waals surface area contributed by atoms with Gasteiger partial charge in [-0.15, -0.1) is 34.4 Å². The second-order valence-corrected chi connectivity index (χ2v) is 16.3. The van der Waals surface area contributed by atoms with Crippen molar-refractivity contribution in [2.45, 2.75) is 54.5 Å². The summed E-state index contributed by atoms with van der Waals surface area (Å²) < 4.78 is 15.8. The number of esters is 2. The largest absolute Gasteiger partial charge is 0.512 e. The third kappa shape index (κ3) is 8.72. The number of anilines is 1. The van der Waals surface area contributed by atoms with E-state index in [0.717, 1.165) is 46.3 Å². The summed E-state index contributed by atoms with van der Waals surface area (Å²) in [5.41, 5.74) is 4.70. The number of amides is 2. The number of carbonyl (C=O) groups excluding carboxylic acids is 4. The van der Waals surface area contributed by atoms with Crippen molar-refractivity contribution in [2.24, 2.45) is 5.16 Å². The van der Waals surface area contributed by atoms with Crippen molar-refractivity contribution in [1.82, 2.24) is 20.2 Å². The third-order valence-corrected chi connectivity index (χ3v) is 12.2. The number of thiazole rings is 2. The number of hydrogen-bond acceptors (Lipinski definition) is 19. The molecule has 2 atom stereocenters. The van der Waals surface area contributed by atoms with Gasteiger partial charge in [0.05, 0.1) is 12.1 Å². The highest BCUT2D eigenvalue weighted by Crippen LogP contribution is 2.44. The molecule has 0 bridgehead atoms. The Labute approximate surface area is 331 Å². The molecule has 294 valence electrons. The van der Waals surface area contributed by atoms with Gasteiger partial charge in [-0.1, -0.05) is 16.9 Å². The number of carboxylic acids is 2. The SMILES string of the molecule is CC(=O)Oc1ccc(-c2nc(SCC3=C(OC(=O)O)N4C(=O)[C@@H](NC(=O)C(=NOC5(C(=O)O)CC5)c5csc(N)n5)[C@@H]4SC3)sc2CC(=O)O)cc1OC(C)=O. The number of aliphatic carboxylic acids is 2. The third-order valence-electron chi connectivity index (χ3n) is 7.93. The van der Waals surface area contributed by atoms with Crippen LogP contribution >= 0.6 is 46.2 Å². The van der Waals surface area contributed by atoms with Gasteiger partial charge in [0.25, 0.3) is 11.8 Å². The molecular weight excluding hydrogens is 821 g/mol. The maximum absolute atomic E-state index is 13.5. The first-order valence-electron chi connectivity index (χ1n) is 16.0. The van der Waals surface area contributed by atoms with Crippen LogP contribution in [0.1, 0.15) is 37.3 Å². The quantitative estimate of drug-likeness (QED) is 0.0367. The number of benzene rings is 1. The molecule has 2 amide bonds. The Hall–Kier alpha value is -5.72. The van der Waals surface area contributed by atoms with Gasteiger partial charge in [-0.3, -0.25) is 28.9 Å². The lowest BCUT2D eigenvalue weighted by Gasteiger charge is -2.49. The van der Waals surface area contributed by atoms with Gasteiger partial charge in [0.1, 0.15) is 17.1 Å². The number of nitrogens with one attached hydrogen (secondary N) is 1. The van der Waals surface area contributed by atoms with Crippen LogP contribution in [0.2, 0.25) is 0 Å². The van der Waals surface area contributed by atoms with Crippen molar-refractivity contribution in [3.8, 4) is 22.8 Å². The first kappa shape index (κ1) is 40.0. The molecule has 6 rings (SSSR count). The van der Waals surface area contributed by atoms with E-state index in [9.17, 15) is 48.9 Å². The number of aromatic nitrogens is 2. The predicted molar refractivity (Wildman–Crippen MR) is 197 cm³/mol. The molecule has 0 radical (unpaired) electrons. The molecule has 24 heteroatoms. The van der Waals surface area contributed by atoms with Gasteiger partial charge in [-0.2, -0.15) is 0 Å². The Morgan fingerprint density at radius 1 is 1.05 bits per heavy atom. The highest BCUT2D eigenvalue weighted by Gasteiger charge is 2.56. The molecule has 2 fully saturated rings. The van der Waals surface area contributed by atoms with Crippen molar-refractivity contribution in [1.29, 1.82) is 0 Å². The van der Waals surface area contributed by atoms with E-state index in [2.05, 4.69) is 20.4 Å². The summed E-state index contributed by atoms with van der Waals surface area (Å²) in [7, 11) is 0. The Balaban J connectivity index is 1.21. The van der Waals surface area contributed by atoms with Crippen LogP contribution in [0.25, 0.3) is 11.3 Å². The summed E-state index contributed by atoms with van der Waals surface area (Å²) in [5.74, 6) is -5.58. The molecule has 1 aliphatic carbocycles. The molecule has 1 saturated carbocycles. The molecule has 3 aromatic rings. The summed E-state index contributed by atoms with van der Waals surface area (Å²) in [6, 6.07) is 3.10. The number of nitrogen functional groups attached to an aromatic ring is 1. The van der Waals surface area contributed by atoms with Gasteiger partial charge >= 0.3 is 30.0 Å². The molecule has 2 aliphatic heterocycles. The summed E-state index contributed by atoms with van der Waals surface area (Å²) in [4.78, 5) is 101. The fourth-order valence-electron chi connectivity index (χ4n) is 5.26. The van der Waals surface area contributed by atoms with E-state index >= 15 is 0 Å². The van der Waals surface area contributed by atoms with E-state index in [0.29, 0.717) is 20.4 Å². The maximum atomic E-state index is 13.5. The number of nitrogens with two attached hydrogens (primary N) is 1. The van der Waals surface area contributed by atoms with Gasteiger partial charge in [-0.05, 0) is 18.2 Å². The Kier molecular flexibility index (Phi) is 11.5. The van der Waals surface area contributed by atoms with Gasteiger partial charge < -0.3 is 45.4 Å². The molecule has 3 aliphatic rings. The number of oxime groups is 1. The lowest BCUT2D eigenvalue weighted by molar-refractivity contribution is -0.153. The molecule has 56 heavy (non-hydrogen) atoms. The van der Waals surface area contributed by atoms with E-state index < -0.39 is 71.0 Å². The molecule has 6 N–H and O–H groups in total. The van der Waals surface area contributed by atoms with Crippen LogP contribution < -0.4 is 20.5 Å². The summed E-state index contributed by atoms with van der Waals surface area (Å²) >= 11 is 4.37. The van der Waals surface area contributed by atoms with Gasteiger partial charge in [0.2, 0.25) is 11.5 Å². The second-order valence-electron chi connectivity index (χ2n) is 12.0. The summed E-state index contributed by atoms with van der Waals surface area (Å²) in [5, 5.41) is 35.7. The van der Waals surface area contributed by atoms with Gasteiger partial charge in [0.15, 0.2) is 26.7 Å². The van der Waals surface area contributed by atoms with E-state index in [4.69, 9.17) is 24.8 Å². The summed E-state index contributed by atoms with van der Waals surface area (Å²) in [6.45, 7) is 2.32. The van der Waals surface area contributed by atoms with Crippen LogP contribution in [0, 0.1) is 0 Å². The number of thioether (sulfide) groups is 2. The topological polar surface area (TPSA) is 297 Å². The van der Waals surface area contributed by atoms with Gasteiger partial charge in [-0.25, -0.2) is 19.6 Å². The number of nitrogens with zero attached hydrogens (tertiary/aromatic N) is 4. The van der Waals surface area contributed by atoms with E-state index in [1.54, 1.807) is 0 Å². The number of carbonyl (C=O) groups is 7.